The molecule has 106 valence electrons. The Morgan fingerprint density at radius 1 is 1.05 bits per heavy atom. The van der Waals surface area contributed by atoms with Crippen LogP contribution in [-0.2, 0) is 6.42 Å². The van der Waals surface area contributed by atoms with Crippen molar-refractivity contribution in [2.45, 2.75) is 24.3 Å². The number of thioether (sulfide) groups is 1. The predicted molar refractivity (Wildman–Crippen MR) is 97.5 cm³/mol. The summed E-state index contributed by atoms with van der Waals surface area (Å²) in [4.78, 5) is 1.35. The number of rotatable bonds is 6. The maximum absolute atomic E-state index is 3.42. The van der Waals surface area contributed by atoms with Crippen molar-refractivity contribution >= 4 is 34.4 Å². The molecule has 3 heteroatoms. The number of benzene rings is 2. The Morgan fingerprint density at radius 3 is 2.25 bits per heavy atom. The van der Waals surface area contributed by atoms with Gasteiger partial charge in [0.1, 0.15) is 0 Å². The Kier molecular flexibility index (Phi) is 6.39. The lowest BCUT2D eigenvalue weighted by Gasteiger charge is -2.17. The Labute approximate surface area is 139 Å². The van der Waals surface area contributed by atoms with E-state index >= 15 is 0 Å². The molecule has 1 unspecified atom stereocenters. The molecule has 0 aromatic heterocycles. The van der Waals surface area contributed by atoms with Crippen molar-refractivity contribution in [2.24, 2.45) is 0 Å². The largest absolute Gasteiger partial charge is 0.313 e. The van der Waals surface area contributed by atoms with Gasteiger partial charge in [-0.3, -0.25) is 0 Å². The lowest BCUT2D eigenvalue weighted by Crippen LogP contribution is -2.18. The summed E-state index contributed by atoms with van der Waals surface area (Å²) >= 11 is 4.23. The van der Waals surface area contributed by atoms with E-state index in [-0.39, 0.29) is 0 Å². The minimum atomic E-state index is 0.371. The van der Waals surface area contributed by atoms with Crippen molar-refractivity contribution in [1.29, 1.82) is 0 Å². The summed E-state index contributed by atoms with van der Waals surface area (Å²) in [6.07, 6.45) is 1.02. The number of hydrogen-bond acceptors (Lipinski definition) is 2. The first-order valence-corrected chi connectivity index (χ1v) is 8.94. The van der Waals surface area contributed by atoms with E-state index in [0.29, 0.717) is 6.04 Å². The topological polar surface area (TPSA) is 12.0 Å². The summed E-state index contributed by atoms with van der Waals surface area (Å²) in [6.45, 7) is 2.19. The van der Waals surface area contributed by atoms with E-state index in [1.165, 1.54) is 19.6 Å². The van der Waals surface area contributed by atoms with Crippen LogP contribution in [0.5, 0.6) is 0 Å². The van der Waals surface area contributed by atoms with E-state index in [4.69, 9.17) is 0 Å². The molecule has 1 N–H and O–H groups in total. The van der Waals surface area contributed by atoms with Crippen LogP contribution in [-0.4, -0.2) is 12.8 Å². The van der Waals surface area contributed by atoms with Crippen molar-refractivity contribution in [3.8, 4) is 0 Å². The minimum absolute atomic E-state index is 0.371. The first-order valence-electron chi connectivity index (χ1n) is 6.87. The Balaban J connectivity index is 2.09. The lowest BCUT2D eigenvalue weighted by molar-refractivity contribution is 0.591. The standard InChI is InChI=1S/C17H20INS/c1-3-20-16-10-6-14(7-11-16)17(19-2)12-13-4-8-15(18)9-5-13/h4-11,17,19H,3,12H2,1-2H3. The van der Waals surface area contributed by atoms with Gasteiger partial charge in [-0.15, -0.1) is 11.8 Å². The highest BCUT2D eigenvalue weighted by Gasteiger charge is 2.10. The average Bonchev–Trinajstić information content (AvgIpc) is 2.48. The molecule has 1 nitrogen and oxygen atoms in total. The van der Waals surface area contributed by atoms with Gasteiger partial charge in [-0.1, -0.05) is 31.2 Å². The Hall–Kier alpha value is -0.520. The monoisotopic (exact) mass is 397 g/mol. The van der Waals surface area contributed by atoms with Gasteiger partial charge in [-0.05, 0) is 77.2 Å². The average molecular weight is 397 g/mol. The summed E-state index contributed by atoms with van der Waals surface area (Å²) < 4.78 is 1.29. The second-order valence-electron chi connectivity index (χ2n) is 4.67. The SMILES string of the molecule is CCSc1ccc(C(Cc2ccc(I)cc2)NC)cc1. The molecular formula is C17H20INS. The first-order chi connectivity index (χ1) is 9.72. The minimum Gasteiger partial charge on any atom is -0.313 e. The van der Waals surface area contributed by atoms with Crippen LogP contribution >= 0.6 is 34.4 Å². The summed E-state index contributed by atoms with van der Waals surface area (Å²) in [7, 11) is 2.03. The predicted octanol–water partition coefficient (Wildman–Crippen LogP) is 4.91. The molecule has 0 radical (unpaired) electrons. The van der Waals surface area contributed by atoms with E-state index in [1.807, 2.05) is 18.8 Å². The second-order valence-corrected chi connectivity index (χ2v) is 7.26. The third-order valence-electron chi connectivity index (χ3n) is 3.30. The maximum Gasteiger partial charge on any atom is 0.0358 e. The molecule has 0 saturated heterocycles. The Morgan fingerprint density at radius 2 is 1.70 bits per heavy atom. The molecule has 0 aliphatic carbocycles. The molecule has 0 saturated carbocycles. The van der Waals surface area contributed by atoms with Crippen LogP contribution in [0.25, 0.3) is 0 Å². The highest BCUT2D eigenvalue weighted by atomic mass is 127. The number of hydrogen-bond donors (Lipinski definition) is 1. The lowest BCUT2D eigenvalue weighted by atomic mass is 9.99. The van der Waals surface area contributed by atoms with E-state index in [1.54, 1.807) is 0 Å². The van der Waals surface area contributed by atoms with Gasteiger partial charge in [0.2, 0.25) is 0 Å². The fourth-order valence-corrected chi connectivity index (χ4v) is 3.23. The van der Waals surface area contributed by atoms with E-state index in [2.05, 4.69) is 83.4 Å². The van der Waals surface area contributed by atoms with Crippen molar-refractivity contribution in [1.82, 2.24) is 5.32 Å². The van der Waals surface area contributed by atoms with Gasteiger partial charge in [0, 0.05) is 14.5 Å². The number of halogens is 1. The molecule has 2 rings (SSSR count). The number of likely N-dealkylation sites (N-methyl/N-ethyl adjacent to an activating group) is 1. The molecule has 2 aromatic carbocycles. The molecule has 0 amide bonds. The molecular weight excluding hydrogens is 377 g/mol. The van der Waals surface area contributed by atoms with Gasteiger partial charge in [0.15, 0.2) is 0 Å². The normalized spacial score (nSPS) is 12.3. The molecule has 2 aromatic rings. The highest BCUT2D eigenvalue weighted by Crippen LogP contribution is 2.23. The van der Waals surface area contributed by atoms with Gasteiger partial charge < -0.3 is 5.32 Å². The van der Waals surface area contributed by atoms with Gasteiger partial charge in [0.25, 0.3) is 0 Å². The van der Waals surface area contributed by atoms with Gasteiger partial charge in [-0.2, -0.15) is 0 Å². The van der Waals surface area contributed by atoms with Gasteiger partial charge >= 0.3 is 0 Å². The molecule has 0 aliphatic heterocycles. The van der Waals surface area contributed by atoms with E-state index in [9.17, 15) is 0 Å². The molecule has 0 spiro atoms. The molecule has 0 fully saturated rings. The van der Waals surface area contributed by atoms with Crippen LogP contribution < -0.4 is 5.32 Å². The molecule has 0 heterocycles. The van der Waals surface area contributed by atoms with Crippen molar-refractivity contribution in [3.63, 3.8) is 0 Å². The quantitative estimate of drug-likeness (QED) is 0.549. The van der Waals surface area contributed by atoms with E-state index in [0.717, 1.165) is 12.2 Å². The highest BCUT2D eigenvalue weighted by molar-refractivity contribution is 14.1. The smallest absolute Gasteiger partial charge is 0.0358 e. The summed E-state index contributed by atoms with van der Waals surface area (Å²) in [5.74, 6) is 1.12. The van der Waals surface area contributed by atoms with E-state index < -0.39 is 0 Å². The second kappa shape index (κ2) is 8.05. The molecule has 0 aliphatic rings. The number of nitrogens with one attached hydrogen (secondary N) is 1. The van der Waals surface area contributed by atoms with Crippen LogP contribution in [0.15, 0.2) is 53.4 Å². The van der Waals surface area contributed by atoms with Crippen LogP contribution in [0.1, 0.15) is 24.1 Å². The zero-order valence-electron chi connectivity index (χ0n) is 11.9. The Bertz CT molecular complexity index is 522. The third-order valence-corrected chi connectivity index (χ3v) is 4.91. The summed E-state index contributed by atoms with van der Waals surface area (Å²) in [5, 5.41) is 3.42. The third kappa shape index (κ3) is 4.50. The summed E-state index contributed by atoms with van der Waals surface area (Å²) in [5.41, 5.74) is 2.73. The summed E-state index contributed by atoms with van der Waals surface area (Å²) in [6, 6.07) is 18.1. The van der Waals surface area contributed by atoms with Gasteiger partial charge in [0.05, 0.1) is 0 Å². The molecule has 0 bridgehead atoms. The van der Waals surface area contributed by atoms with Crippen LogP contribution in [0.4, 0.5) is 0 Å². The molecule has 1 atom stereocenters. The maximum atomic E-state index is 3.42. The van der Waals surface area contributed by atoms with Crippen molar-refractivity contribution < 1.29 is 0 Å². The van der Waals surface area contributed by atoms with Crippen LogP contribution in [0, 0.1) is 3.57 Å². The fraction of sp³-hybridized carbons (Fsp3) is 0.294. The van der Waals surface area contributed by atoms with Crippen LogP contribution in [0.2, 0.25) is 0 Å². The first kappa shape index (κ1) is 15.9. The zero-order valence-corrected chi connectivity index (χ0v) is 14.9. The fourth-order valence-electron chi connectivity index (χ4n) is 2.21. The van der Waals surface area contributed by atoms with Gasteiger partial charge in [-0.25, -0.2) is 0 Å². The van der Waals surface area contributed by atoms with Crippen molar-refractivity contribution in [3.05, 3.63) is 63.2 Å². The van der Waals surface area contributed by atoms with Crippen LogP contribution in [0.3, 0.4) is 0 Å². The molecule has 20 heavy (non-hydrogen) atoms. The zero-order chi connectivity index (χ0) is 14.4. The van der Waals surface area contributed by atoms with Crippen molar-refractivity contribution in [2.75, 3.05) is 12.8 Å².